The molecule has 0 fully saturated rings. The molecule has 0 spiro atoms. The smallest absolute Gasteiger partial charge is 0.416 e. The summed E-state index contributed by atoms with van der Waals surface area (Å²) < 4.78 is 56.3. The average molecular weight is 315 g/mol. The molecule has 0 saturated heterocycles. The molecule has 2 aromatic carbocycles. The van der Waals surface area contributed by atoms with E-state index in [1.165, 1.54) is 12.1 Å². The van der Waals surface area contributed by atoms with Gasteiger partial charge in [-0.15, -0.1) is 0 Å². The van der Waals surface area contributed by atoms with Crippen LogP contribution in [0.1, 0.15) is 11.1 Å². The summed E-state index contributed by atoms with van der Waals surface area (Å²) in [6, 6.07) is 7.98. The Hall–Kier alpha value is -2.15. The molecule has 0 unspecified atom stereocenters. The fraction of sp³-hybridized carbons (Fsp3) is 0.0714. The van der Waals surface area contributed by atoms with Gasteiger partial charge in [0.25, 0.3) is 0 Å². The lowest BCUT2D eigenvalue weighted by molar-refractivity contribution is -0.137. The molecular formula is C14H9F4NOS. The predicted octanol–water partition coefficient (Wildman–Crippen LogP) is 4.27. The zero-order chi connectivity index (χ0) is 15.6. The van der Waals surface area contributed by atoms with E-state index >= 15 is 0 Å². The summed E-state index contributed by atoms with van der Waals surface area (Å²) in [6.07, 6.45) is -4.43. The van der Waals surface area contributed by atoms with Crippen LogP contribution < -0.4 is 10.5 Å². The number of hydrogen-bond acceptors (Lipinski definition) is 2. The molecule has 0 aliphatic rings. The summed E-state index contributed by atoms with van der Waals surface area (Å²) in [5, 5.41) is 0. The molecule has 0 bridgehead atoms. The summed E-state index contributed by atoms with van der Waals surface area (Å²) in [4.78, 5) is -0.199. The van der Waals surface area contributed by atoms with Gasteiger partial charge in [0.1, 0.15) is 22.3 Å². The molecule has 0 aliphatic carbocycles. The Labute approximate surface area is 123 Å². The van der Waals surface area contributed by atoms with Crippen molar-refractivity contribution in [3.63, 3.8) is 0 Å². The highest BCUT2D eigenvalue weighted by molar-refractivity contribution is 7.80. The SMILES string of the molecule is NC(=S)c1c(F)cccc1Oc1ccc(C(F)(F)F)cc1. The van der Waals surface area contributed by atoms with E-state index in [2.05, 4.69) is 0 Å². The van der Waals surface area contributed by atoms with E-state index in [1.54, 1.807) is 0 Å². The quantitative estimate of drug-likeness (QED) is 0.678. The first-order valence-corrected chi connectivity index (χ1v) is 6.13. The molecule has 0 amide bonds. The third-order valence-electron chi connectivity index (χ3n) is 2.63. The maximum atomic E-state index is 13.6. The number of halogens is 4. The van der Waals surface area contributed by atoms with Gasteiger partial charge in [0, 0.05) is 0 Å². The first-order valence-electron chi connectivity index (χ1n) is 5.72. The topological polar surface area (TPSA) is 35.2 Å². The number of hydrogen-bond donors (Lipinski definition) is 1. The molecule has 110 valence electrons. The molecule has 0 radical (unpaired) electrons. The van der Waals surface area contributed by atoms with Gasteiger partial charge in [-0.25, -0.2) is 4.39 Å². The van der Waals surface area contributed by atoms with Crippen molar-refractivity contribution in [1.82, 2.24) is 0 Å². The van der Waals surface area contributed by atoms with Gasteiger partial charge in [-0.3, -0.25) is 0 Å². The Bertz CT molecular complexity index is 668. The molecule has 2 rings (SSSR count). The largest absolute Gasteiger partial charge is 0.457 e. The summed E-state index contributed by atoms with van der Waals surface area (Å²) in [5.41, 5.74) is 4.52. The summed E-state index contributed by atoms with van der Waals surface area (Å²) in [5.74, 6) is -0.500. The van der Waals surface area contributed by atoms with Crippen molar-refractivity contribution in [2.75, 3.05) is 0 Å². The van der Waals surface area contributed by atoms with Crippen molar-refractivity contribution in [3.05, 3.63) is 59.4 Å². The number of alkyl halides is 3. The van der Waals surface area contributed by atoms with E-state index in [4.69, 9.17) is 22.7 Å². The standard InChI is InChI=1S/C14H9F4NOS/c15-10-2-1-3-11(12(10)13(19)21)20-9-6-4-8(5-7-9)14(16,17)18/h1-7H,(H2,19,21). The van der Waals surface area contributed by atoms with E-state index in [9.17, 15) is 17.6 Å². The molecule has 0 heterocycles. The Kier molecular flexibility index (Phi) is 4.13. The molecule has 7 heteroatoms. The third-order valence-corrected chi connectivity index (χ3v) is 2.84. The molecule has 0 aliphatic heterocycles. The zero-order valence-electron chi connectivity index (χ0n) is 10.4. The first kappa shape index (κ1) is 15.2. The van der Waals surface area contributed by atoms with Crippen LogP contribution in [0.2, 0.25) is 0 Å². The fourth-order valence-electron chi connectivity index (χ4n) is 1.67. The molecule has 0 saturated carbocycles. The molecule has 0 aromatic heterocycles. The van der Waals surface area contributed by atoms with Crippen LogP contribution in [0, 0.1) is 5.82 Å². The van der Waals surface area contributed by atoms with Crippen LogP contribution in [0.15, 0.2) is 42.5 Å². The van der Waals surface area contributed by atoms with E-state index in [0.29, 0.717) is 0 Å². The Morgan fingerprint density at radius 3 is 2.19 bits per heavy atom. The van der Waals surface area contributed by atoms with Gasteiger partial charge in [0.05, 0.1) is 11.1 Å². The predicted molar refractivity (Wildman–Crippen MR) is 73.8 cm³/mol. The summed E-state index contributed by atoms with van der Waals surface area (Å²) in [7, 11) is 0. The Morgan fingerprint density at radius 2 is 1.67 bits per heavy atom. The summed E-state index contributed by atoms with van der Waals surface area (Å²) >= 11 is 4.73. The fourth-order valence-corrected chi connectivity index (χ4v) is 1.87. The number of thiocarbonyl (C=S) groups is 1. The van der Waals surface area contributed by atoms with Crippen molar-refractivity contribution >= 4 is 17.2 Å². The lowest BCUT2D eigenvalue weighted by atomic mass is 10.2. The van der Waals surface area contributed by atoms with Crippen LogP contribution in [-0.4, -0.2) is 4.99 Å². The van der Waals surface area contributed by atoms with E-state index < -0.39 is 17.6 Å². The van der Waals surface area contributed by atoms with Gasteiger partial charge in [-0.05, 0) is 36.4 Å². The van der Waals surface area contributed by atoms with E-state index in [-0.39, 0.29) is 22.1 Å². The van der Waals surface area contributed by atoms with Gasteiger partial charge in [-0.1, -0.05) is 18.3 Å². The molecule has 0 atom stereocenters. The normalized spacial score (nSPS) is 11.2. The highest BCUT2D eigenvalue weighted by Crippen LogP contribution is 2.32. The number of nitrogens with two attached hydrogens (primary N) is 1. The van der Waals surface area contributed by atoms with Gasteiger partial charge < -0.3 is 10.5 Å². The molecule has 2 aromatic rings. The number of benzene rings is 2. The van der Waals surface area contributed by atoms with Crippen molar-refractivity contribution in [2.45, 2.75) is 6.18 Å². The van der Waals surface area contributed by atoms with Crippen molar-refractivity contribution in [3.8, 4) is 11.5 Å². The molecular weight excluding hydrogens is 306 g/mol. The summed E-state index contributed by atoms with van der Waals surface area (Å²) in [6.45, 7) is 0. The first-order chi connectivity index (χ1) is 9.79. The van der Waals surface area contributed by atoms with Crippen LogP contribution in [0.3, 0.4) is 0 Å². The monoisotopic (exact) mass is 315 g/mol. The maximum absolute atomic E-state index is 13.6. The van der Waals surface area contributed by atoms with Gasteiger partial charge in [0.2, 0.25) is 0 Å². The van der Waals surface area contributed by atoms with Crippen molar-refractivity contribution in [1.29, 1.82) is 0 Å². The number of ether oxygens (including phenoxy) is 1. The Balaban J connectivity index is 2.31. The highest BCUT2D eigenvalue weighted by atomic mass is 32.1. The highest BCUT2D eigenvalue weighted by Gasteiger charge is 2.30. The minimum atomic E-state index is -4.43. The van der Waals surface area contributed by atoms with Crippen LogP contribution in [-0.2, 0) is 6.18 Å². The Morgan fingerprint density at radius 1 is 1.05 bits per heavy atom. The van der Waals surface area contributed by atoms with Crippen LogP contribution in [0.25, 0.3) is 0 Å². The minimum absolute atomic E-state index is 0.0438. The second-order valence-corrected chi connectivity index (χ2v) is 4.54. The van der Waals surface area contributed by atoms with Crippen LogP contribution in [0.4, 0.5) is 17.6 Å². The third kappa shape index (κ3) is 3.49. The zero-order valence-corrected chi connectivity index (χ0v) is 11.3. The molecule has 21 heavy (non-hydrogen) atoms. The lowest BCUT2D eigenvalue weighted by Crippen LogP contribution is -2.13. The maximum Gasteiger partial charge on any atom is 0.416 e. The minimum Gasteiger partial charge on any atom is -0.457 e. The number of rotatable bonds is 3. The average Bonchev–Trinajstić information content (AvgIpc) is 2.38. The molecule has 2 nitrogen and oxygen atoms in total. The van der Waals surface area contributed by atoms with Gasteiger partial charge >= 0.3 is 6.18 Å². The van der Waals surface area contributed by atoms with Crippen molar-refractivity contribution < 1.29 is 22.3 Å². The van der Waals surface area contributed by atoms with Crippen molar-refractivity contribution in [2.24, 2.45) is 5.73 Å². The van der Waals surface area contributed by atoms with E-state index in [1.807, 2.05) is 0 Å². The van der Waals surface area contributed by atoms with E-state index in [0.717, 1.165) is 30.3 Å². The van der Waals surface area contributed by atoms with Crippen LogP contribution in [0.5, 0.6) is 11.5 Å². The van der Waals surface area contributed by atoms with Crippen LogP contribution >= 0.6 is 12.2 Å². The van der Waals surface area contributed by atoms with Gasteiger partial charge in [0.15, 0.2) is 0 Å². The van der Waals surface area contributed by atoms with Gasteiger partial charge in [-0.2, -0.15) is 13.2 Å². The second kappa shape index (κ2) is 5.69. The second-order valence-electron chi connectivity index (χ2n) is 4.10. The molecule has 2 N–H and O–H groups in total. The lowest BCUT2D eigenvalue weighted by Gasteiger charge is -2.12.